The molecule has 20 heavy (non-hydrogen) atoms. The zero-order valence-electron chi connectivity index (χ0n) is 11.4. The third-order valence-electron chi connectivity index (χ3n) is 4.00. The largest absolute Gasteiger partial charge is 0.373 e. The lowest BCUT2D eigenvalue weighted by molar-refractivity contribution is -0.389. The van der Waals surface area contributed by atoms with E-state index in [9.17, 15) is 10.1 Å². The van der Waals surface area contributed by atoms with Crippen LogP contribution in [0.1, 0.15) is 20.3 Å². The summed E-state index contributed by atoms with van der Waals surface area (Å²) >= 11 is 1.40. The van der Waals surface area contributed by atoms with E-state index in [-0.39, 0.29) is 22.2 Å². The Kier molecular flexibility index (Phi) is 2.94. The van der Waals surface area contributed by atoms with Gasteiger partial charge in [-0.15, -0.1) is 0 Å². The van der Waals surface area contributed by atoms with Gasteiger partial charge in [0, 0.05) is 24.5 Å². The lowest BCUT2D eigenvalue weighted by Crippen LogP contribution is -2.52. The summed E-state index contributed by atoms with van der Waals surface area (Å²) in [6.07, 6.45) is 2.50. The molecule has 108 valence electrons. The Labute approximate surface area is 120 Å². The highest BCUT2D eigenvalue weighted by Gasteiger charge is 2.37. The highest BCUT2D eigenvalue weighted by atomic mass is 32.1. The molecule has 0 radical (unpaired) electrons. The summed E-state index contributed by atoms with van der Waals surface area (Å²) in [5.74, 6) is 0.509. The highest BCUT2D eigenvalue weighted by molar-refractivity contribution is 7.15. The molecule has 1 atom stereocenters. The van der Waals surface area contributed by atoms with Crippen molar-refractivity contribution in [2.24, 2.45) is 11.1 Å². The minimum absolute atomic E-state index is 0.0486. The van der Waals surface area contributed by atoms with Crippen LogP contribution in [0.4, 0.5) is 11.6 Å². The van der Waals surface area contributed by atoms with E-state index in [1.54, 1.807) is 16.0 Å². The van der Waals surface area contributed by atoms with Crippen molar-refractivity contribution in [1.82, 2.24) is 9.38 Å². The first kappa shape index (κ1) is 13.3. The van der Waals surface area contributed by atoms with Gasteiger partial charge in [-0.05, 0) is 16.8 Å². The van der Waals surface area contributed by atoms with Crippen LogP contribution >= 0.6 is 11.3 Å². The zero-order valence-corrected chi connectivity index (χ0v) is 12.3. The lowest BCUT2D eigenvalue weighted by Gasteiger charge is -2.42. The molecule has 2 N–H and O–H groups in total. The third-order valence-corrected chi connectivity index (χ3v) is 4.76. The Morgan fingerprint density at radius 2 is 2.35 bits per heavy atom. The predicted molar refractivity (Wildman–Crippen MR) is 78.3 cm³/mol. The van der Waals surface area contributed by atoms with Crippen molar-refractivity contribution in [2.45, 2.75) is 26.3 Å². The first-order valence-electron chi connectivity index (χ1n) is 6.50. The molecule has 0 aromatic carbocycles. The molecule has 0 aliphatic carbocycles. The quantitative estimate of drug-likeness (QED) is 0.674. The van der Waals surface area contributed by atoms with Crippen LogP contribution in [0.15, 0.2) is 11.6 Å². The Hall–Kier alpha value is -1.67. The van der Waals surface area contributed by atoms with Crippen LogP contribution < -0.4 is 10.6 Å². The molecular formula is C12H17N5O2S. The summed E-state index contributed by atoms with van der Waals surface area (Å²) in [6, 6.07) is 0.113. The van der Waals surface area contributed by atoms with Crippen molar-refractivity contribution in [3.63, 3.8) is 0 Å². The molecule has 1 aliphatic heterocycles. The average molecular weight is 295 g/mol. The topological polar surface area (TPSA) is 89.7 Å². The molecule has 7 nitrogen and oxygen atoms in total. The summed E-state index contributed by atoms with van der Waals surface area (Å²) in [4.78, 5) is 18.1. The second-order valence-electron chi connectivity index (χ2n) is 5.88. The molecule has 1 aliphatic rings. The number of hydrogen-bond donors (Lipinski definition) is 1. The van der Waals surface area contributed by atoms with E-state index in [4.69, 9.17) is 5.73 Å². The van der Waals surface area contributed by atoms with Gasteiger partial charge in [0.25, 0.3) is 4.96 Å². The van der Waals surface area contributed by atoms with E-state index in [0.29, 0.717) is 23.9 Å². The van der Waals surface area contributed by atoms with Crippen molar-refractivity contribution in [2.75, 3.05) is 18.0 Å². The molecule has 1 unspecified atom stereocenters. The second-order valence-corrected chi connectivity index (χ2v) is 6.75. The van der Waals surface area contributed by atoms with E-state index < -0.39 is 0 Å². The van der Waals surface area contributed by atoms with Crippen molar-refractivity contribution < 1.29 is 4.92 Å². The summed E-state index contributed by atoms with van der Waals surface area (Å²) in [7, 11) is 0. The number of nitrogens with two attached hydrogens (primary N) is 1. The van der Waals surface area contributed by atoms with Crippen molar-refractivity contribution in [3.8, 4) is 0 Å². The van der Waals surface area contributed by atoms with E-state index >= 15 is 0 Å². The Morgan fingerprint density at radius 3 is 3.00 bits per heavy atom. The number of imidazole rings is 1. The van der Waals surface area contributed by atoms with Gasteiger partial charge in [0.1, 0.15) is 6.20 Å². The fraction of sp³-hybridized carbons (Fsp3) is 0.583. The maximum atomic E-state index is 11.4. The SMILES string of the molecule is CC1(C)CN(c2nc3sccn3c2[N+](=O)[O-])CCC1N. The summed E-state index contributed by atoms with van der Waals surface area (Å²) in [5, 5.41) is 13.2. The van der Waals surface area contributed by atoms with Crippen LogP contribution in [0.5, 0.6) is 0 Å². The Balaban J connectivity index is 2.04. The summed E-state index contributed by atoms with van der Waals surface area (Å²) in [6.45, 7) is 5.57. The number of anilines is 1. The lowest BCUT2D eigenvalue weighted by atomic mass is 9.80. The van der Waals surface area contributed by atoms with E-state index in [1.807, 2.05) is 4.90 Å². The molecule has 8 heteroatoms. The first-order chi connectivity index (χ1) is 9.40. The molecule has 0 amide bonds. The van der Waals surface area contributed by atoms with E-state index in [1.165, 1.54) is 11.3 Å². The number of fused-ring (bicyclic) bond motifs is 1. The van der Waals surface area contributed by atoms with Crippen LogP contribution in [0.2, 0.25) is 0 Å². The number of nitro groups is 1. The van der Waals surface area contributed by atoms with Gasteiger partial charge in [0.2, 0.25) is 5.82 Å². The van der Waals surface area contributed by atoms with Gasteiger partial charge in [0.05, 0.1) is 0 Å². The van der Waals surface area contributed by atoms with Gasteiger partial charge in [-0.25, -0.2) is 0 Å². The fourth-order valence-corrected chi connectivity index (χ4v) is 3.40. The maximum Gasteiger partial charge on any atom is 0.373 e. The number of aromatic nitrogens is 2. The van der Waals surface area contributed by atoms with Crippen molar-refractivity contribution >= 4 is 27.9 Å². The van der Waals surface area contributed by atoms with Crippen LogP contribution in [-0.2, 0) is 0 Å². The molecule has 2 aromatic rings. The van der Waals surface area contributed by atoms with Crippen LogP contribution in [-0.4, -0.2) is 33.4 Å². The van der Waals surface area contributed by atoms with E-state index in [0.717, 1.165) is 6.42 Å². The molecule has 1 saturated heterocycles. The zero-order chi connectivity index (χ0) is 14.5. The van der Waals surface area contributed by atoms with Gasteiger partial charge < -0.3 is 20.7 Å². The minimum Gasteiger partial charge on any atom is -0.358 e. The van der Waals surface area contributed by atoms with Crippen molar-refractivity contribution in [3.05, 3.63) is 21.7 Å². The van der Waals surface area contributed by atoms with Crippen LogP contribution in [0.25, 0.3) is 4.96 Å². The molecule has 0 saturated carbocycles. The van der Waals surface area contributed by atoms with Gasteiger partial charge in [-0.1, -0.05) is 25.2 Å². The molecule has 2 aromatic heterocycles. The predicted octanol–water partition coefficient (Wildman–Crippen LogP) is 1.87. The number of hydrogen-bond acceptors (Lipinski definition) is 6. The average Bonchev–Trinajstić information content (AvgIpc) is 2.91. The smallest absolute Gasteiger partial charge is 0.358 e. The van der Waals surface area contributed by atoms with Crippen molar-refractivity contribution in [1.29, 1.82) is 0 Å². The first-order valence-corrected chi connectivity index (χ1v) is 7.38. The molecular weight excluding hydrogens is 278 g/mol. The summed E-state index contributed by atoms with van der Waals surface area (Å²) < 4.78 is 1.54. The number of thiazole rings is 1. The molecule has 1 fully saturated rings. The fourth-order valence-electron chi connectivity index (χ4n) is 2.70. The van der Waals surface area contributed by atoms with Crippen LogP contribution in [0.3, 0.4) is 0 Å². The van der Waals surface area contributed by atoms with Gasteiger partial charge >= 0.3 is 5.82 Å². The maximum absolute atomic E-state index is 11.4. The Morgan fingerprint density at radius 1 is 1.60 bits per heavy atom. The van der Waals surface area contributed by atoms with Gasteiger partial charge in [-0.2, -0.15) is 9.38 Å². The highest BCUT2D eigenvalue weighted by Crippen LogP contribution is 2.36. The monoisotopic (exact) mass is 295 g/mol. The van der Waals surface area contributed by atoms with Crippen LogP contribution in [0, 0.1) is 15.5 Å². The van der Waals surface area contributed by atoms with E-state index in [2.05, 4.69) is 18.8 Å². The third kappa shape index (κ3) is 1.95. The molecule has 3 rings (SSSR count). The molecule has 3 heterocycles. The summed E-state index contributed by atoms with van der Waals surface area (Å²) in [5.41, 5.74) is 6.04. The molecule has 0 bridgehead atoms. The van der Waals surface area contributed by atoms with Gasteiger partial charge in [-0.3, -0.25) is 0 Å². The Bertz CT molecular complexity index is 662. The minimum atomic E-state index is -0.358. The number of piperidine rings is 1. The van der Waals surface area contributed by atoms with Gasteiger partial charge in [0.15, 0.2) is 0 Å². The molecule has 0 spiro atoms. The second kappa shape index (κ2) is 4.42. The number of nitrogens with zero attached hydrogens (tertiary/aromatic N) is 4. The normalized spacial score (nSPS) is 22.4. The number of rotatable bonds is 2. The standard InChI is InChI=1S/C12H17N5O2S/c1-12(2)7-15(4-3-8(12)13)9-10(17(18)19)16-5-6-20-11(16)14-9/h5-6,8H,3-4,7,13H2,1-2H3.